The van der Waals surface area contributed by atoms with Crippen molar-refractivity contribution in [3.63, 3.8) is 0 Å². The molecular formula is C33H43BrClN3O7. The maximum Gasteiger partial charge on any atom is 0.312 e. The van der Waals surface area contributed by atoms with Crippen LogP contribution in [0.4, 0.5) is 5.69 Å². The first-order valence-electron chi connectivity index (χ1n) is 15.5. The Morgan fingerprint density at radius 3 is 2.56 bits per heavy atom. The summed E-state index contributed by atoms with van der Waals surface area (Å²) in [5, 5.41) is 13.9. The smallest absolute Gasteiger partial charge is 0.312 e. The summed E-state index contributed by atoms with van der Waals surface area (Å²) in [6.45, 7) is 12.9. The van der Waals surface area contributed by atoms with E-state index >= 15 is 0 Å². The van der Waals surface area contributed by atoms with Crippen LogP contribution in [0.3, 0.4) is 0 Å². The summed E-state index contributed by atoms with van der Waals surface area (Å²) in [6, 6.07) is 4.98. The van der Waals surface area contributed by atoms with Crippen LogP contribution in [0.25, 0.3) is 0 Å². The number of fused-ring (bicyclic) bond motifs is 1. The molecule has 0 radical (unpaired) electrons. The molecule has 2 N–H and O–H groups in total. The molecule has 1 aromatic carbocycles. The molecule has 1 unspecified atom stereocenters. The van der Waals surface area contributed by atoms with Crippen LogP contribution in [0, 0.1) is 17.8 Å². The molecule has 4 rings (SSSR count). The topological polar surface area (TPSA) is 125 Å². The SMILES string of the molecule is C=CCCC(=O)NC[C@@H](C)OC(=O)[C@@H]1[C@H]2O[C@@]3(CC2Br)[C@H](C(=O)N(CC=C)c2ccc(Cl)cc2)N([C@@H](CO)[C@@H](C)CC)C(=O)[C@@H]13. The summed E-state index contributed by atoms with van der Waals surface area (Å²) in [5.74, 6) is -3.78. The molecule has 12 heteroatoms. The van der Waals surface area contributed by atoms with Crippen molar-refractivity contribution in [2.24, 2.45) is 17.8 Å². The van der Waals surface area contributed by atoms with Gasteiger partial charge in [-0.3, -0.25) is 19.2 Å². The lowest BCUT2D eigenvalue weighted by atomic mass is 9.70. The van der Waals surface area contributed by atoms with Gasteiger partial charge in [-0.05, 0) is 49.9 Å². The van der Waals surface area contributed by atoms with Gasteiger partial charge in [0, 0.05) is 28.5 Å². The Hall–Kier alpha value is -2.73. The Morgan fingerprint density at radius 1 is 1.27 bits per heavy atom. The van der Waals surface area contributed by atoms with Crippen molar-refractivity contribution in [1.82, 2.24) is 10.2 Å². The maximum absolute atomic E-state index is 14.7. The van der Waals surface area contributed by atoms with E-state index in [9.17, 15) is 24.3 Å². The van der Waals surface area contributed by atoms with Gasteiger partial charge in [0.05, 0.1) is 37.1 Å². The predicted octanol–water partition coefficient (Wildman–Crippen LogP) is 4.03. The van der Waals surface area contributed by atoms with Gasteiger partial charge in [-0.15, -0.1) is 13.2 Å². The molecule has 3 aliphatic rings. The quantitative estimate of drug-likeness (QED) is 0.160. The Balaban J connectivity index is 1.71. The average molecular weight is 709 g/mol. The molecule has 1 spiro atoms. The Kier molecular flexibility index (Phi) is 11.5. The lowest BCUT2D eigenvalue weighted by molar-refractivity contribution is -0.160. The number of rotatable bonds is 15. The molecule has 0 aliphatic carbocycles. The van der Waals surface area contributed by atoms with Gasteiger partial charge in [-0.1, -0.05) is 60.0 Å². The summed E-state index contributed by atoms with van der Waals surface area (Å²) in [4.78, 5) is 57.8. The van der Waals surface area contributed by atoms with E-state index in [1.54, 1.807) is 43.3 Å². The molecule has 3 saturated heterocycles. The third kappa shape index (κ3) is 6.73. The van der Waals surface area contributed by atoms with Crippen LogP contribution in [0.15, 0.2) is 49.6 Å². The fraction of sp³-hybridized carbons (Fsp3) is 0.576. The van der Waals surface area contributed by atoms with Crippen LogP contribution in [0.5, 0.6) is 0 Å². The van der Waals surface area contributed by atoms with Crippen molar-refractivity contribution < 1.29 is 33.8 Å². The summed E-state index contributed by atoms with van der Waals surface area (Å²) in [5.41, 5.74) is -0.783. The summed E-state index contributed by atoms with van der Waals surface area (Å²) < 4.78 is 12.4. The number of nitrogens with zero attached hydrogens (tertiary/aromatic N) is 2. The van der Waals surface area contributed by atoms with Gasteiger partial charge in [0.25, 0.3) is 5.91 Å². The number of esters is 1. The van der Waals surface area contributed by atoms with Crippen LogP contribution in [0.2, 0.25) is 5.02 Å². The number of likely N-dealkylation sites (tertiary alicyclic amines) is 1. The molecule has 2 bridgehead atoms. The summed E-state index contributed by atoms with van der Waals surface area (Å²) in [6.07, 6.45) is 3.63. The number of aliphatic hydroxyl groups excluding tert-OH is 1. The van der Waals surface area contributed by atoms with Gasteiger partial charge in [-0.2, -0.15) is 0 Å². The lowest BCUT2D eigenvalue weighted by Crippen LogP contribution is -2.60. The lowest BCUT2D eigenvalue weighted by Gasteiger charge is -2.41. The van der Waals surface area contributed by atoms with Crippen molar-refractivity contribution in [2.45, 2.75) is 81.2 Å². The normalized spacial score (nSPS) is 28.6. The number of ether oxygens (including phenoxy) is 2. The Bertz CT molecular complexity index is 1300. The van der Waals surface area contributed by atoms with Crippen molar-refractivity contribution in [3.8, 4) is 0 Å². The number of benzene rings is 1. The number of alkyl halides is 1. The number of carbonyl (C=O) groups is 4. The monoisotopic (exact) mass is 707 g/mol. The molecule has 3 fully saturated rings. The minimum Gasteiger partial charge on any atom is -0.460 e. The van der Waals surface area contributed by atoms with Gasteiger partial charge in [0.15, 0.2) is 0 Å². The number of carbonyl (C=O) groups excluding carboxylic acids is 4. The third-order valence-electron chi connectivity index (χ3n) is 9.27. The van der Waals surface area contributed by atoms with E-state index in [1.807, 2.05) is 13.8 Å². The highest BCUT2D eigenvalue weighted by atomic mass is 79.9. The highest BCUT2D eigenvalue weighted by molar-refractivity contribution is 9.09. The number of allylic oxidation sites excluding steroid dienone is 1. The number of halogens is 2. The van der Waals surface area contributed by atoms with E-state index in [-0.39, 0.29) is 42.8 Å². The zero-order valence-corrected chi connectivity index (χ0v) is 28.3. The van der Waals surface area contributed by atoms with E-state index < -0.39 is 59.5 Å². The predicted molar refractivity (Wildman–Crippen MR) is 175 cm³/mol. The van der Waals surface area contributed by atoms with E-state index in [1.165, 1.54) is 9.80 Å². The largest absolute Gasteiger partial charge is 0.460 e. The summed E-state index contributed by atoms with van der Waals surface area (Å²) >= 11 is 9.81. The maximum atomic E-state index is 14.7. The van der Waals surface area contributed by atoms with Gasteiger partial charge < -0.3 is 29.7 Å². The standard InChI is InChI=1S/C33H43BrClN3O7/c1-6-9-10-25(40)36-17-20(5)44-32(43)26-27-30(41)38(24(18-39)19(4)8-3)29(33(27)16-23(34)28(26)45-33)31(42)37(15-7-2)22-13-11-21(35)12-14-22/h6-7,11-14,19-20,23-24,26-29,39H,1-2,8-10,15-18H2,3-5H3,(H,36,40)/t19-,20+,23?,24-,26-,27+,28-,29-,33+/m0/s1. The van der Waals surface area contributed by atoms with Crippen molar-refractivity contribution in [3.05, 3.63) is 54.6 Å². The van der Waals surface area contributed by atoms with Gasteiger partial charge in [0.2, 0.25) is 11.8 Å². The Morgan fingerprint density at radius 2 is 1.96 bits per heavy atom. The summed E-state index contributed by atoms with van der Waals surface area (Å²) in [7, 11) is 0. The molecule has 246 valence electrons. The number of hydrogen-bond donors (Lipinski definition) is 2. The number of nitrogens with one attached hydrogen (secondary N) is 1. The highest BCUT2D eigenvalue weighted by Crippen LogP contribution is 2.61. The molecule has 3 amide bonds. The Labute approximate surface area is 278 Å². The van der Waals surface area contributed by atoms with Crippen molar-refractivity contribution in [2.75, 3.05) is 24.6 Å². The van der Waals surface area contributed by atoms with E-state index in [4.69, 9.17) is 21.1 Å². The molecule has 45 heavy (non-hydrogen) atoms. The minimum atomic E-state index is -1.34. The fourth-order valence-corrected chi connectivity index (χ4v) is 7.97. The molecule has 0 aromatic heterocycles. The molecule has 3 aliphatic heterocycles. The number of amides is 3. The molecule has 3 heterocycles. The molecule has 9 atom stereocenters. The zero-order valence-electron chi connectivity index (χ0n) is 26.0. The molecular weight excluding hydrogens is 666 g/mol. The van der Waals surface area contributed by atoms with Crippen LogP contribution >= 0.6 is 27.5 Å². The fourth-order valence-electron chi connectivity index (χ4n) is 6.91. The first-order valence-corrected chi connectivity index (χ1v) is 16.8. The molecule has 0 saturated carbocycles. The average Bonchev–Trinajstić information content (AvgIpc) is 3.61. The first-order chi connectivity index (χ1) is 21.4. The third-order valence-corrected chi connectivity index (χ3v) is 10.4. The molecule has 10 nitrogen and oxygen atoms in total. The van der Waals surface area contributed by atoms with Crippen molar-refractivity contribution in [1.29, 1.82) is 0 Å². The van der Waals surface area contributed by atoms with Crippen LogP contribution in [0.1, 0.15) is 46.5 Å². The van der Waals surface area contributed by atoms with E-state index in [0.717, 1.165) is 0 Å². The van der Waals surface area contributed by atoms with Gasteiger partial charge in [-0.25, -0.2) is 0 Å². The van der Waals surface area contributed by atoms with Crippen LogP contribution < -0.4 is 10.2 Å². The minimum absolute atomic E-state index is 0.104. The van der Waals surface area contributed by atoms with E-state index in [0.29, 0.717) is 30.0 Å². The van der Waals surface area contributed by atoms with Gasteiger partial charge >= 0.3 is 5.97 Å². The van der Waals surface area contributed by atoms with Gasteiger partial charge in [0.1, 0.15) is 17.7 Å². The van der Waals surface area contributed by atoms with Crippen LogP contribution in [-0.4, -0.2) is 88.1 Å². The van der Waals surface area contributed by atoms with Crippen LogP contribution in [-0.2, 0) is 28.7 Å². The molecule has 1 aromatic rings. The number of hydrogen-bond acceptors (Lipinski definition) is 7. The first kappa shape index (κ1) is 35.1. The number of aliphatic hydroxyl groups is 1. The van der Waals surface area contributed by atoms with E-state index in [2.05, 4.69) is 34.4 Å². The second-order valence-electron chi connectivity index (χ2n) is 12.1. The second-order valence-corrected chi connectivity index (χ2v) is 13.7. The number of anilines is 1. The zero-order chi connectivity index (χ0) is 33.1. The van der Waals surface area contributed by atoms with Crippen molar-refractivity contribution >= 4 is 56.9 Å². The highest BCUT2D eigenvalue weighted by Gasteiger charge is 2.77. The second kappa shape index (κ2) is 14.8.